The summed E-state index contributed by atoms with van der Waals surface area (Å²) in [5, 5.41) is 5.43. The van der Waals surface area contributed by atoms with Gasteiger partial charge < -0.3 is 10.6 Å². The number of hydrogen-bond acceptors (Lipinski definition) is 5. The summed E-state index contributed by atoms with van der Waals surface area (Å²) in [6.07, 6.45) is 1.43. The quantitative estimate of drug-likeness (QED) is 0.603. The Balaban J connectivity index is 3.01. The zero-order valence-corrected chi connectivity index (χ0v) is 17.8. The lowest BCUT2D eigenvalue weighted by molar-refractivity contribution is -0.124. The van der Waals surface area contributed by atoms with Crippen molar-refractivity contribution in [1.82, 2.24) is 14.9 Å². The maximum atomic E-state index is 12.8. The van der Waals surface area contributed by atoms with Crippen LogP contribution >= 0.6 is 22.9 Å². The molecule has 2 atom stereocenters. The van der Waals surface area contributed by atoms with E-state index in [1.165, 1.54) is 12.1 Å². The molecule has 1 aromatic rings. The second kappa shape index (κ2) is 10.2. The van der Waals surface area contributed by atoms with E-state index in [2.05, 4.69) is 10.6 Å². The Morgan fingerprint density at radius 2 is 1.54 bits per heavy atom. The highest BCUT2D eigenvalue weighted by molar-refractivity contribution is 7.91. The summed E-state index contributed by atoms with van der Waals surface area (Å²) in [5.74, 6) is -0.913. The van der Waals surface area contributed by atoms with Gasteiger partial charge in [-0.25, -0.2) is 8.42 Å². The van der Waals surface area contributed by atoms with E-state index in [1.807, 2.05) is 27.7 Å². The summed E-state index contributed by atoms with van der Waals surface area (Å²) >= 11 is 6.72. The van der Waals surface area contributed by atoms with Crippen LogP contribution in [0.3, 0.4) is 0 Å². The van der Waals surface area contributed by atoms with Crippen LogP contribution in [0.15, 0.2) is 16.3 Å². The molecule has 10 heteroatoms. The number of thiophene rings is 1. The molecule has 1 aromatic heterocycles. The molecule has 1 heterocycles. The molecule has 0 saturated carbocycles. The van der Waals surface area contributed by atoms with Gasteiger partial charge in [-0.2, -0.15) is 4.31 Å². The molecule has 0 fully saturated rings. The molecular weight excluding hydrogens is 398 g/mol. The van der Waals surface area contributed by atoms with Gasteiger partial charge in [0.25, 0.3) is 10.0 Å². The van der Waals surface area contributed by atoms with Crippen molar-refractivity contribution >= 4 is 44.8 Å². The van der Waals surface area contributed by atoms with E-state index >= 15 is 0 Å². The SMILES string of the molecule is CC[C@@H](C)NC(=O)CN(CC(=O)N[C@@H](C)CC)S(=O)(=O)c1ccc(Cl)s1. The van der Waals surface area contributed by atoms with E-state index in [9.17, 15) is 18.0 Å². The minimum atomic E-state index is -4.01. The third-order valence-corrected chi connectivity index (χ3v) is 7.31. The molecule has 26 heavy (non-hydrogen) atoms. The highest BCUT2D eigenvalue weighted by atomic mass is 35.5. The highest BCUT2D eigenvalue weighted by Crippen LogP contribution is 2.28. The zero-order chi connectivity index (χ0) is 19.9. The normalized spacial score (nSPS) is 14.1. The third-order valence-electron chi connectivity index (χ3n) is 3.82. The molecule has 7 nitrogen and oxygen atoms in total. The van der Waals surface area contributed by atoms with Crippen molar-refractivity contribution in [2.45, 2.75) is 56.8 Å². The summed E-state index contributed by atoms with van der Waals surface area (Å²) in [5.41, 5.74) is 0. The van der Waals surface area contributed by atoms with Gasteiger partial charge in [-0.15, -0.1) is 11.3 Å². The number of sulfonamides is 1. The van der Waals surface area contributed by atoms with E-state index in [1.54, 1.807) is 0 Å². The molecule has 0 unspecified atom stereocenters. The van der Waals surface area contributed by atoms with Gasteiger partial charge in [-0.3, -0.25) is 9.59 Å². The molecule has 1 rings (SSSR count). The lowest BCUT2D eigenvalue weighted by Gasteiger charge is -2.22. The number of carbonyl (C=O) groups is 2. The molecule has 2 N–H and O–H groups in total. The van der Waals surface area contributed by atoms with E-state index < -0.39 is 34.9 Å². The van der Waals surface area contributed by atoms with Crippen molar-refractivity contribution in [1.29, 1.82) is 0 Å². The third kappa shape index (κ3) is 6.86. The summed E-state index contributed by atoms with van der Waals surface area (Å²) in [6, 6.07) is 2.67. The lowest BCUT2D eigenvalue weighted by Crippen LogP contribution is -2.48. The fraction of sp³-hybridized carbons (Fsp3) is 0.625. The van der Waals surface area contributed by atoms with Crippen LogP contribution in [0.2, 0.25) is 4.34 Å². The molecule has 0 spiro atoms. The molecule has 2 amide bonds. The van der Waals surface area contributed by atoms with Crippen molar-refractivity contribution < 1.29 is 18.0 Å². The van der Waals surface area contributed by atoms with Gasteiger partial charge in [0, 0.05) is 12.1 Å². The number of halogens is 1. The first-order chi connectivity index (χ1) is 12.1. The van der Waals surface area contributed by atoms with Crippen molar-refractivity contribution in [3.8, 4) is 0 Å². The van der Waals surface area contributed by atoms with Crippen LogP contribution in [-0.4, -0.2) is 49.7 Å². The number of nitrogens with zero attached hydrogens (tertiary/aromatic N) is 1. The Hall–Kier alpha value is -1.16. The molecule has 0 bridgehead atoms. The highest BCUT2D eigenvalue weighted by Gasteiger charge is 2.30. The van der Waals surface area contributed by atoms with Gasteiger partial charge in [-0.1, -0.05) is 25.4 Å². The van der Waals surface area contributed by atoms with Gasteiger partial charge in [0.15, 0.2) is 0 Å². The van der Waals surface area contributed by atoms with Crippen molar-refractivity contribution in [3.05, 3.63) is 16.5 Å². The standard InChI is InChI=1S/C16H26ClN3O4S2/c1-5-11(3)18-14(21)9-20(10-15(22)19-12(4)6-2)26(23,24)16-8-7-13(17)25-16/h7-8,11-12H,5-6,9-10H2,1-4H3,(H,18,21)(H,19,22)/t11-,12+. The van der Waals surface area contributed by atoms with Crippen LogP contribution < -0.4 is 10.6 Å². The second-order valence-electron chi connectivity index (χ2n) is 6.09. The topological polar surface area (TPSA) is 95.6 Å². The number of nitrogens with one attached hydrogen (secondary N) is 2. The van der Waals surface area contributed by atoms with Gasteiger partial charge in [-0.05, 0) is 38.8 Å². The van der Waals surface area contributed by atoms with Crippen molar-refractivity contribution in [3.63, 3.8) is 0 Å². The summed E-state index contributed by atoms with van der Waals surface area (Å²) in [6.45, 7) is 6.60. The minimum absolute atomic E-state index is 0.00446. The molecule has 0 radical (unpaired) electrons. The number of rotatable bonds is 10. The number of amides is 2. The Morgan fingerprint density at radius 1 is 1.08 bits per heavy atom. The van der Waals surface area contributed by atoms with E-state index in [0.717, 1.165) is 15.6 Å². The van der Waals surface area contributed by atoms with Crippen LogP contribution in [0.4, 0.5) is 0 Å². The maximum absolute atomic E-state index is 12.8. The monoisotopic (exact) mass is 423 g/mol. The molecule has 0 aliphatic heterocycles. The molecular formula is C16H26ClN3O4S2. The summed E-state index contributed by atoms with van der Waals surface area (Å²) < 4.78 is 26.9. The second-order valence-corrected chi connectivity index (χ2v) is 9.97. The Kier molecular flexibility index (Phi) is 9.02. The van der Waals surface area contributed by atoms with Crippen molar-refractivity contribution in [2.24, 2.45) is 0 Å². The molecule has 148 valence electrons. The van der Waals surface area contributed by atoms with Gasteiger partial charge in [0.05, 0.1) is 17.4 Å². The first-order valence-electron chi connectivity index (χ1n) is 8.44. The fourth-order valence-electron chi connectivity index (χ4n) is 1.95. The Morgan fingerprint density at radius 3 is 1.88 bits per heavy atom. The average molecular weight is 424 g/mol. The number of hydrogen-bond donors (Lipinski definition) is 2. The van der Waals surface area contributed by atoms with Gasteiger partial charge >= 0.3 is 0 Å². The van der Waals surface area contributed by atoms with E-state index in [0.29, 0.717) is 17.2 Å². The molecule has 0 aliphatic carbocycles. The van der Waals surface area contributed by atoms with Crippen LogP contribution in [0, 0.1) is 0 Å². The zero-order valence-electron chi connectivity index (χ0n) is 15.4. The predicted octanol–water partition coefficient (Wildman–Crippen LogP) is 2.22. The first-order valence-corrected chi connectivity index (χ1v) is 11.1. The lowest BCUT2D eigenvalue weighted by atomic mass is 10.2. The smallest absolute Gasteiger partial charge is 0.253 e. The minimum Gasteiger partial charge on any atom is -0.353 e. The van der Waals surface area contributed by atoms with E-state index in [-0.39, 0.29) is 16.3 Å². The van der Waals surface area contributed by atoms with Gasteiger partial charge in [0.2, 0.25) is 11.8 Å². The Labute approximate surface area is 164 Å². The Bertz CT molecular complexity index is 695. The average Bonchev–Trinajstić information content (AvgIpc) is 3.01. The molecule has 0 aromatic carbocycles. The van der Waals surface area contributed by atoms with Crippen LogP contribution in [-0.2, 0) is 19.6 Å². The fourth-order valence-corrected chi connectivity index (χ4v) is 4.94. The summed E-state index contributed by atoms with van der Waals surface area (Å²) in [7, 11) is -4.01. The molecule has 0 aliphatic rings. The number of carbonyl (C=O) groups excluding carboxylic acids is 2. The first kappa shape index (κ1) is 22.9. The van der Waals surface area contributed by atoms with Crippen molar-refractivity contribution in [2.75, 3.05) is 13.1 Å². The van der Waals surface area contributed by atoms with E-state index in [4.69, 9.17) is 11.6 Å². The summed E-state index contributed by atoms with van der Waals surface area (Å²) in [4.78, 5) is 24.4. The molecule has 0 saturated heterocycles. The van der Waals surface area contributed by atoms with Crippen LogP contribution in [0.25, 0.3) is 0 Å². The van der Waals surface area contributed by atoms with Crippen LogP contribution in [0.5, 0.6) is 0 Å². The maximum Gasteiger partial charge on any atom is 0.253 e. The van der Waals surface area contributed by atoms with Gasteiger partial charge in [0.1, 0.15) is 4.21 Å². The van der Waals surface area contributed by atoms with Crippen LogP contribution in [0.1, 0.15) is 40.5 Å². The predicted molar refractivity (Wildman–Crippen MR) is 104 cm³/mol. The largest absolute Gasteiger partial charge is 0.353 e.